The van der Waals surface area contributed by atoms with Crippen LogP contribution in [0.1, 0.15) is 5.56 Å². The molecular formula is C11H10N3O2S2. The normalized spacial score (nSPS) is 10.1. The number of nitrogens with zero attached hydrogens (tertiary/aromatic N) is 1. The van der Waals surface area contributed by atoms with Crippen LogP contribution in [0, 0.1) is 10.4 Å². The molecule has 1 radical (unpaired) electrons. The number of ether oxygens (including phenoxy) is 1. The van der Waals surface area contributed by atoms with E-state index >= 15 is 0 Å². The molecule has 1 aromatic carbocycles. The highest BCUT2D eigenvalue weighted by Crippen LogP contribution is 2.14. The molecule has 0 bridgehead atoms. The molecule has 0 aliphatic rings. The summed E-state index contributed by atoms with van der Waals surface area (Å²) in [4.78, 5) is 11.7. The zero-order valence-corrected chi connectivity index (χ0v) is 11.1. The Morgan fingerprint density at radius 2 is 2.22 bits per heavy atom. The number of H-pyrrole nitrogens is 1. The predicted octanol–water partition coefficient (Wildman–Crippen LogP) is 2.40. The number of rotatable bonds is 4. The van der Waals surface area contributed by atoms with Gasteiger partial charge >= 0.3 is 0 Å². The first-order valence-electron chi connectivity index (χ1n) is 5.02. The molecule has 2 aromatic rings. The molecule has 0 saturated heterocycles. The Kier molecular flexibility index (Phi) is 4.06. The first kappa shape index (κ1) is 12.7. The van der Waals surface area contributed by atoms with E-state index in [0.717, 1.165) is 11.3 Å². The third-order valence-corrected chi connectivity index (χ3v) is 3.09. The van der Waals surface area contributed by atoms with Crippen LogP contribution in [0.5, 0.6) is 5.75 Å². The molecule has 2 rings (SSSR count). The molecule has 0 atom stereocenters. The van der Waals surface area contributed by atoms with Crippen molar-refractivity contribution < 1.29 is 9.53 Å². The van der Waals surface area contributed by atoms with Gasteiger partial charge in [-0.3, -0.25) is 9.89 Å². The highest BCUT2D eigenvalue weighted by Gasteiger charge is 2.07. The van der Waals surface area contributed by atoms with Crippen LogP contribution in [0.3, 0.4) is 0 Å². The van der Waals surface area contributed by atoms with Crippen molar-refractivity contribution in [2.45, 2.75) is 0 Å². The molecule has 7 heteroatoms. The Hall–Kier alpha value is -1.73. The Bertz CT molecular complexity index is 589. The maximum Gasteiger partial charge on any atom is 0.234 e. The number of benzene rings is 1. The predicted molar refractivity (Wildman–Crippen MR) is 72.3 cm³/mol. The van der Waals surface area contributed by atoms with Gasteiger partial charge in [0.2, 0.25) is 11.0 Å². The van der Waals surface area contributed by atoms with Crippen molar-refractivity contribution in [2.75, 3.05) is 12.4 Å². The van der Waals surface area contributed by atoms with Gasteiger partial charge in [-0.05, 0) is 29.9 Å². The molecule has 93 valence electrons. The van der Waals surface area contributed by atoms with Gasteiger partial charge in [-0.25, -0.2) is 0 Å². The van der Waals surface area contributed by atoms with Gasteiger partial charge in [-0.1, -0.05) is 23.5 Å². The highest BCUT2D eigenvalue weighted by molar-refractivity contribution is 7.73. The van der Waals surface area contributed by atoms with Gasteiger partial charge in [0.1, 0.15) is 5.75 Å². The number of nitrogens with one attached hydrogen (secondary N) is 2. The molecule has 18 heavy (non-hydrogen) atoms. The molecule has 1 heterocycles. The van der Waals surface area contributed by atoms with Gasteiger partial charge in [0.25, 0.3) is 0 Å². The van der Waals surface area contributed by atoms with Gasteiger partial charge in [0.15, 0.2) is 3.95 Å². The lowest BCUT2D eigenvalue weighted by molar-refractivity contribution is -0.112. The molecule has 0 unspecified atom stereocenters. The van der Waals surface area contributed by atoms with Crippen molar-refractivity contribution in [1.82, 2.24) is 10.2 Å². The first-order valence-corrected chi connectivity index (χ1v) is 6.25. The van der Waals surface area contributed by atoms with E-state index in [1.165, 1.54) is 17.8 Å². The van der Waals surface area contributed by atoms with Crippen LogP contribution in [-0.4, -0.2) is 23.2 Å². The largest absolute Gasteiger partial charge is 0.497 e. The summed E-state index contributed by atoms with van der Waals surface area (Å²) in [6.07, 6.45) is 1.48. The highest BCUT2D eigenvalue weighted by atomic mass is 32.1. The Morgan fingerprint density at radius 3 is 2.78 bits per heavy atom. The molecule has 0 saturated carbocycles. The minimum absolute atomic E-state index is 0.252. The lowest BCUT2D eigenvalue weighted by Gasteiger charge is -2.02. The summed E-state index contributed by atoms with van der Waals surface area (Å²) in [6, 6.07) is 7.17. The molecule has 5 nitrogen and oxygen atoms in total. The summed E-state index contributed by atoms with van der Waals surface area (Å²) >= 11 is 6.08. The van der Waals surface area contributed by atoms with E-state index in [2.05, 4.69) is 15.5 Å². The molecular weight excluding hydrogens is 270 g/mol. The zero-order valence-electron chi connectivity index (χ0n) is 9.47. The van der Waals surface area contributed by atoms with Crippen LogP contribution in [0.15, 0.2) is 24.3 Å². The van der Waals surface area contributed by atoms with Crippen molar-refractivity contribution in [1.29, 1.82) is 0 Å². The topological polar surface area (TPSA) is 67.0 Å². The lowest BCUT2D eigenvalue weighted by atomic mass is 10.1. The van der Waals surface area contributed by atoms with E-state index in [-0.39, 0.29) is 5.91 Å². The van der Waals surface area contributed by atoms with E-state index in [9.17, 15) is 4.79 Å². The van der Waals surface area contributed by atoms with Crippen LogP contribution < -0.4 is 10.1 Å². The van der Waals surface area contributed by atoms with Gasteiger partial charge in [-0.15, -0.1) is 5.10 Å². The maximum atomic E-state index is 11.7. The Labute approximate surface area is 113 Å². The number of methoxy groups -OCH3 is 1. The quantitative estimate of drug-likeness (QED) is 0.844. The standard InChI is InChI=1S/C11H10N3O2S2/c1-16-8-4-2-7(3-5-8)6-9(15)12-10-13-14-11(17)18-10/h2-6H,1H3,(H,14,17)(H,12,13,15). The third kappa shape index (κ3) is 3.38. The number of aromatic amines is 1. The average Bonchev–Trinajstić information content (AvgIpc) is 2.75. The molecule has 0 aliphatic carbocycles. The fourth-order valence-electron chi connectivity index (χ4n) is 1.28. The van der Waals surface area contributed by atoms with E-state index in [0.29, 0.717) is 9.09 Å². The zero-order chi connectivity index (χ0) is 13.0. The summed E-state index contributed by atoms with van der Waals surface area (Å²) in [5.74, 6) is 0.496. The Balaban J connectivity index is 1.96. The van der Waals surface area contributed by atoms with E-state index < -0.39 is 0 Å². The summed E-state index contributed by atoms with van der Waals surface area (Å²) in [7, 11) is 1.59. The average molecular weight is 280 g/mol. The Morgan fingerprint density at radius 1 is 1.50 bits per heavy atom. The summed E-state index contributed by atoms with van der Waals surface area (Å²) in [6.45, 7) is 0. The van der Waals surface area contributed by atoms with Gasteiger partial charge in [0.05, 0.1) is 13.5 Å². The SMILES string of the molecule is COc1ccc([CH]C(=O)Nc2n[nH]c(=S)s2)cc1. The van der Waals surface area contributed by atoms with Crippen molar-refractivity contribution >= 4 is 34.6 Å². The van der Waals surface area contributed by atoms with Crippen molar-refractivity contribution in [3.05, 3.63) is 40.2 Å². The summed E-state index contributed by atoms with van der Waals surface area (Å²) < 4.78 is 5.56. The monoisotopic (exact) mass is 280 g/mol. The van der Waals surface area contributed by atoms with Crippen molar-refractivity contribution in [3.63, 3.8) is 0 Å². The number of hydrogen-bond donors (Lipinski definition) is 2. The van der Waals surface area contributed by atoms with Crippen molar-refractivity contribution in [2.24, 2.45) is 0 Å². The van der Waals surface area contributed by atoms with Crippen LogP contribution in [-0.2, 0) is 4.79 Å². The molecule has 0 spiro atoms. The maximum absolute atomic E-state index is 11.7. The second-order valence-electron chi connectivity index (χ2n) is 3.33. The molecule has 0 fully saturated rings. The fraction of sp³-hybridized carbons (Fsp3) is 0.0909. The third-order valence-electron chi connectivity index (χ3n) is 2.08. The van der Waals surface area contributed by atoms with Crippen LogP contribution >= 0.6 is 23.6 Å². The minimum Gasteiger partial charge on any atom is -0.497 e. The van der Waals surface area contributed by atoms with Crippen LogP contribution in [0.4, 0.5) is 5.13 Å². The van der Waals surface area contributed by atoms with Crippen molar-refractivity contribution in [3.8, 4) is 5.75 Å². The summed E-state index contributed by atoms with van der Waals surface area (Å²) in [5, 5.41) is 9.51. The van der Waals surface area contributed by atoms with E-state index in [1.54, 1.807) is 31.4 Å². The molecule has 0 aliphatic heterocycles. The van der Waals surface area contributed by atoms with Gasteiger partial charge < -0.3 is 10.1 Å². The second-order valence-corrected chi connectivity index (χ2v) is 4.99. The smallest absolute Gasteiger partial charge is 0.234 e. The number of carbonyl (C=O) groups is 1. The minimum atomic E-state index is -0.252. The number of anilines is 1. The number of hydrogen-bond acceptors (Lipinski definition) is 5. The van der Waals surface area contributed by atoms with Crippen LogP contribution in [0.25, 0.3) is 0 Å². The molecule has 2 N–H and O–H groups in total. The van der Waals surface area contributed by atoms with Crippen LogP contribution in [0.2, 0.25) is 0 Å². The fourth-order valence-corrected chi connectivity index (χ4v) is 2.07. The number of amides is 1. The molecule has 1 aromatic heterocycles. The lowest BCUT2D eigenvalue weighted by Crippen LogP contribution is -2.12. The summed E-state index contributed by atoms with van der Waals surface area (Å²) in [5.41, 5.74) is 0.785. The van der Waals surface area contributed by atoms with Gasteiger partial charge in [-0.2, -0.15) is 0 Å². The number of aromatic nitrogens is 2. The van der Waals surface area contributed by atoms with E-state index in [4.69, 9.17) is 17.0 Å². The second kappa shape index (κ2) is 5.74. The molecule has 1 amide bonds. The van der Waals surface area contributed by atoms with E-state index in [1.807, 2.05) is 0 Å². The number of carbonyl (C=O) groups excluding carboxylic acids is 1. The van der Waals surface area contributed by atoms with Gasteiger partial charge in [0, 0.05) is 0 Å². The first-order chi connectivity index (χ1) is 8.67.